The number of carbonyl (C=O) groups excluding carboxylic acids is 1. The summed E-state index contributed by atoms with van der Waals surface area (Å²) in [5.41, 5.74) is 11.7. The van der Waals surface area contributed by atoms with Gasteiger partial charge in [0.15, 0.2) is 11.5 Å². The molecule has 0 spiro atoms. The molecule has 156 valence electrons. The van der Waals surface area contributed by atoms with E-state index in [2.05, 4.69) is 25.6 Å². The van der Waals surface area contributed by atoms with Crippen molar-refractivity contribution in [2.75, 3.05) is 10.6 Å². The maximum absolute atomic E-state index is 14.0. The molecule has 0 saturated heterocycles. The number of benzene rings is 1. The lowest BCUT2D eigenvalue weighted by Gasteiger charge is -2.36. The molecule has 0 radical (unpaired) electrons. The summed E-state index contributed by atoms with van der Waals surface area (Å²) >= 11 is 0. The number of aromatic nitrogens is 3. The number of carbonyl (C=O) groups is 1. The van der Waals surface area contributed by atoms with Gasteiger partial charge in [-0.25, -0.2) is 18.7 Å². The Labute approximate surface area is 171 Å². The van der Waals surface area contributed by atoms with Crippen LogP contribution in [0.5, 0.6) is 0 Å². The van der Waals surface area contributed by atoms with Gasteiger partial charge in [-0.1, -0.05) is 24.3 Å². The summed E-state index contributed by atoms with van der Waals surface area (Å²) < 4.78 is 27.9. The minimum absolute atomic E-state index is 0.0771. The Morgan fingerprint density at radius 1 is 1.20 bits per heavy atom. The van der Waals surface area contributed by atoms with E-state index in [1.807, 2.05) is 24.3 Å². The van der Waals surface area contributed by atoms with Crippen LogP contribution in [-0.4, -0.2) is 38.9 Å². The summed E-state index contributed by atoms with van der Waals surface area (Å²) in [6.45, 7) is 0. The summed E-state index contributed by atoms with van der Waals surface area (Å²) in [5, 5.41) is 7.72. The van der Waals surface area contributed by atoms with Crippen molar-refractivity contribution >= 4 is 34.0 Å². The summed E-state index contributed by atoms with van der Waals surface area (Å²) in [6, 6.07) is 5.53. The van der Waals surface area contributed by atoms with Crippen LogP contribution >= 0.6 is 0 Å². The molecule has 1 aliphatic rings. The molecule has 30 heavy (non-hydrogen) atoms. The van der Waals surface area contributed by atoms with Crippen LogP contribution in [0.4, 0.5) is 26.1 Å². The second-order valence-electron chi connectivity index (χ2n) is 7.28. The third-order valence-corrected chi connectivity index (χ3v) is 5.21. The SMILES string of the molecule is NC(=O)c1ncc(N[C@@H]2CCCC(F)(F)[C@@H]2N)nc1Nc1cncc2ccccc12. The molecular weight excluding hydrogens is 392 g/mol. The first-order valence-electron chi connectivity index (χ1n) is 9.52. The third-order valence-electron chi connectivity index (χ3n) is 5.21. The topological polar surface area (TPSA) is 132 Å². The number of rotatable bonds is 5. The van der Waals surface area contributed by atoms with Crippen molar-refractivity contribution in [2.24, 2.45) is 11.5 Å². The number of primary amides is 1. The number of alkyl halides is 2. The van der Waals surface area contributed by atoms with Crippen molar-refractivity contribution in [3.05, 3.63) is 48.5 Å². The highest BCUT2D eigenvalue weighted by molar-refractivity contribution is 5.99. The Morgan fingerprint density at radius 2 is 2.00 bits per heavy atom. The zero-order valence-corrected chi connectivity index (χ0v) is 16.0. The fourth-order valence-electron chi connectivity index (χ4n) is 3.62. The average molecular weight is 413 g/mol. The maximum atomic E-state index is 14.0. The highest BCUT2D eigenvalue weighted by Gasteiger charge is 2.44. The first-order chi connectivity index (χ1) is 14.3. The average Bonchev–Trinajstić information content (AvgIpc) is 2.72. The quantitative estimate of drug-likeness (QED) is 0.506. The van der Waals surface area contributed by atoms with Crippen molar-refractivity contribution in [3.8, 4) is 0 Å². The largest absolute Gasteiger partial charge is 0.364 e. The van der Waals surface area contributed by atoms with Gasteiger partial charge in [0.1, 0.15) is 5.82 Å². The Balaban J connectivity index is 1.66. The van der Waals surface area contributed by atoms with Crippen LogP contribution < -0.4 is 22.1 Å². The van der Waals surface area contributed by atoms with E-state index in [9.17, 15) is 13.6 Å². The molecule has 2 atom stereocenters. The van der Waals surface area contributed by atoms with E-state index in [4.69, 9.17) is 11.5 Å². The predicted octanol–water partition coefficient (Wildman–Crippen LogP) is 2.79. The molecule has 0 aliphatic heterocycles. The lowest BCUT2D eigenvalue weighted by atomic mass is 9.87. The molecule has 1 aliphatic carbocycles. The van der Waals surface area contributed by atoms with Crippen LogP contribution in [0.3, 0.4) is 0 Å². The van der Waals surface area contributed by atoms with Gasteiger partial charge in [-0.05, 0) is 12.8 Å². The van der Waals surface area contributed by atoms with Gasteiger partial charge in [-0.2, -0.15) is 0 Å². The number of anilines is 3. The number of hydrogen-bond acceptors (Lipinski definition) is 7. The number of nitrogens with one attached hydrogen (secondary N) is 2. The molecule has 2 heterocycles. The van der Waals surface area contributed by atoms with Crippen LogP contribution in [0.2, 0.25) is 0 Å². The fraction of sp³-hybridized carbons (Fsp3) is 0.300. The van der Waals surface area contributed by atoms with Gasteiger partial charge in [0, 0.05) is 29.4 Å². The van der Waals surface area contributed by atoms with Crippen molar-refractivity contribution in [1.82, 2.24) is 15.0 Å². The highest BCUT2D eigenvalue weighted by Crippen LogP contribution is 2.34. The number of pyridine rings is 1. The zero-order chi connectivity index (χ0) is 21.3. The number of hydrogen-bond donors (Lipinski definition) is 4. The van der Waals surface area contributed by atoms with Gasteiger partial charge in [-0.3, -0.25) is 9.78 Å². The first kappa shape index (κ1) is 19.9. The van der Waals surface area contributed by atoms with E-state index in [1.165, 1.54) is 6.20 Å². The van der Waals surface area contributed by atoms with E-state index in [0.717, 1.165) is 10.8 Å². The third kappa shape index (κ3) is 3.86. The lowest BCUT2D eigenvalue weighted by Crippen LogP contribution is -2.55. The number of fused-ring (bicyclic) bond motifs is 1. The fourth-order valence-corrected chi connectivity index (χ4v) is 3.62. The maximum Gasteiger partial charge on any atom is 0.271 e. The van der Waals surface area contributed by atoms with Crippen molar-refractivity contribution < 1.29 is 13.6 Å². The minimum atomic E-state index is -2.95. The molecule has 2 aromatic heterocycles. The summed E-state index contributed by atoms with van der Waals surface area (Å²) in [4.78, 5) is 24.5. The van der Waals surface area contributed by atoms with E-state index >= 15 is 0 Å². The Bertz CT molecular complexity index is 1090. The van der Waals surface area contributed by atoms with Gasteiger partial charge in [-0.15, -0.1) is 0 Å². The minimum Gasteiger partial charge on any atom is -0.364 e. The van der Waals surface area contributed by atoms with E-state index in [1.54, 1.807) is 12.4 Å². The molecule has 1 fully saturated rings. The molecule has 1 amide bonds. The molecule has 0 unspecified atom stereocenters. The van der Waals surface area contributed by atoms with Crippen LogP contribution in [0.25, 0.3) is 10.8 Å². The summed E-state index contributed by atoms with van der Waals surface area (Å²) in [7, 11) is 0. The van der Waals surface area contributed by atoms with Crippen molar-refractivity contribution in [3.63, 3.8) is 0 Å². The second-order valence-corrected chi connectivity index (χ2v) is 7.28. The Morgan fingerprint density at radius 3 is 2.80 bits per heavy atom. The monoisotopic (exact) mass is 413 g/mol. The standard InChI is InChI=1S/C20H21F2N7O/c21-20(22)7-3-6-13(17(20)23)27-15-10-26-16(18(24)30)19(29-15)28-14-9-25-8-11-4-1-2-5-12(11)14/h1-2,4-5,8-10,13,17H,3,6-7,23H2,(H2,24,30)(H2,27,28,29)/t13-,17-/m1/s1. The summed E-state index contributed by atoms with van der Waals surface area (Å²) in [6.07, 6.45) is 5.17. The molecule has 1 aromatic carbocycles. The van der Waals surface area contributed by atoms with E-state index < -0.39 is 23.9 Å². The van der Waals surface area contributed by atoms with Crippen LogP contribution in [-0.2, 0) is 0 Å². The molecule has 3 aromatic rings. The Hall–Kier alpha value is -3.40. The molecular formula is C20H21F2N7O. The second kappa shape index (κ2) is 7.79. The molecule has 4 rings (SSSR count). The number of nitrogens with zero attached hydrogens (tertiary/aromatic N) is 3. The van der Waals surface area contributed by atoms with Gasteiger partial charge in [0.25, 0.3) is 11.8 Å². The van der Waals surface area contributed by atoms with Gasteiger partial charge in [0.2, 0.25) is 0 Å². The lowest BCUT2D eigenvalue weighted by molar-refractivity contribution is -0.0554. The van der Waals surface area contributed by atoms with Gasteiger partial charge in [0.05, 0.1) is 24.1 Å². The van der Waals surface area contributed by atoms with Crippen LogP contribution in [0, 0.1) is 0 Å². The first-order valence-corrected chi connectivity index (χ1v) is 9.52. The molecule has 10 heteroatoms. The van der Waals surface area contributed by atoms with E-state index in [-0.39, 0.29) is 23.8 Å². The predicted molar refractivity (Wildman–Crippen MR) is 110 cm³/mol. The number of halogens is 2. The van der Waals surface area contributed by atoms with Crippen molar-refractivity contribution in [2.45, 2.75) is 37.3 Å². The van der Waals surface area contributed by atoms with Gasteiger partial charge >= 0.3 is 0 Å². The molecule has 0 bridgehead atoms. The number of nitrogens with two attached hydrogens (primary N) is 2. The van der Waals surface area contributed by atoms with Gasteiger partial charge < -0.3 is 22.1 Å². The van der Waals surface area contributed by atoms with Crippen molar-refractivity contribution in [1.29, 1.82) is 0 Å². The van der Waals surface area contributed by atoms with E-state index in [0.29, 0.717) is 18.5 Å². The molecule has 6 N–H and O–H groups in total. The molecule has 1 saturated carbocycles. The normalized spacial score (nSPS) is 20.6. The zero-order valence-electron chi connectivity index (χ0n) is 16.0. The number of amides is 1. The van der Waals surface area contributed by atoms with Crippen LogP contribution in [0.15, 0.2) is 42.9 Å². The summed E-state index contributed by atoms with van der Waals surface area (Å²) in [5.74, 6) is -3.41. The smallest absolute Gasteiger partial charge is 0.271 e. The van der Waals surface area contributed by atoms with Crippen LogP contribution in [0.1, 0.15) is 29.8 Å². The Kier molecular flexibility index (Phi) is 5.17. The molecule has 8 nitrogen and oxygen atoms in total. The highest BCUT2D eigenvalue weighted by atomic mass is 19.3.